The lowest BCUT2D eigenvalue weighted by Gasteiger charge is -2.28. The van der Waals surface area contributed by atoms with E-state index in [4.69, 9.17) is 4.74 Å². The van der Waals surface area contributed by atoms with E-state index in [0.29, 0.717) is 6.08 Å². The van der Waals surface area contributed by atoms with Crippen molar-refractivity contribution in [3.05, 3.63) is 12.3 Å². The molecule has 0 rings (SSSR count). The Morgan fingerprint density at radius 2 is 1.85 bits per heavy atom. The lowest BCUT2D eigenvalue weighted by Crippen LogP contribution is -2.52. The van der Waals surface area contributed by atoms with Gasteiger partial charge in [0.15, 0.2) is 5.60 Å². The topological polar surface area (TPSA) is 67.8 Å². The molecule has 118 valence electrons. The highest BCUT2D eigenvalue weighted by Gasteiger charge is 2.52. The molecule has 1 atom stereocenters. The van der Waals surface area contributed by atoms with Crippen LogP contribution < -0.4 is 5.32 Å². The van der Waals surface area contributed by atoms with E-state index in [9.17, 15) is 23.1 Å². The zero-order valence-electron chi connectivity index (χ0n) is 11.9. The summed E-state index contributed by atoms with van der Waals surface area (Å²) in [7, 11) is 0. The molecule has 0 aliphatic rings. The minimum absolute atomic E-state index is 0.157. The summed E-state index contributed by atoms with van der Waals surface area (Å²) in [6.45, 7) is 5.36. The average Bonchev–Trinajstić information content (AvgIpc) is 2.23. The molecule has 2 N–H and O–H groups in total. The minimum atomic E-state index is -4.96. The van der Waals surface area contributed by atoms with Crippen molar-refractivity contribution in [3.63, 3.8) is 0 Å². The van der Waals surface area contributed by atoms with Gasteiger partial charge in [-0.05, 0) is 33.8 Å². The van der Waals surface area contributed by atoms with E-state index in [1.807, 2.05) is 5.32 Å². The average molecular weight is 299 g/mol. The number of aliphatic hydroxyl groups is 1. The van der Waals surface area contributed by atoms with E-state index in [0.717, 1.165) is 6.26 Å². The first-order chi connectivity index (χ1) is 8.91. The van der Waals surface area contributed by atoms with Crippen LogP contribution in [0.1, 0.15) is 27.7 Å². The molecule has 0 fully saturated rings. The van der Waals surface area contributed by atoms with Crippen LogP contribution in [0.5, 0.6) is 0 Å². The predicted molar refractivity (Wildman–Crippen MR) is 66.0 cm³/mol. The maximum Gasteiger partial charge on any atom is 0.422 e. The van der Waals surface area contributed by atoms with Gasteiger partial charge in [0.05, 0.1) is 19.4 Å². The maximum atomic E-state index is 12.8. The van der Waals surface area contributed by atoms with Crippen LogP contribution in [-0.2, 0) is 9.47 Å². The number of alkyl halides is 3. The zero-order valence-corrected chi connectivity index (χ0v) is 11.9. The summed E-state index contributed by atoms with van der Waals surface area (Å²) in [5.74, 6) is 0. The third kappa shape index (κ3) is 6.65. The van der Waals surface area contributed by atoms with Crippen molar-refractivity contribution >= 4 is 6.09 Å². The van der Waals surface area contributed by atoms with Crippen LogP contribution >= 0.6 is 0 Å². The highest BCUT2D eigenvalue weighted by atomic mass is 19.4. The molecule has 20 heavy (non-hydrogen) atoms. The Hall–Kier alpha value is -1.44. The first-order valence-electron chi connectivity index (χ1n) is 5.96. The smallest absolute Gasteiger partial charge is 0.422 e. The fourth-order valence-electron chi connectivity index (χ4n) is 1.03. The first-order valence-corrected chi connectivity index (χ1v) is 5.96. The molecule has 0 bridgehead atoms. The number of carbonyl (C=O) groups is 1. The van der Waals surface area contributed by atoms with Crippen LogP contribution in [0.15, 0.2) is 12.3 Å². The number of halogens is 3. The Balaban J connectivity index is 4.73. The molecule has 0 heterocycles. The predicted octanol–water partition coefficient (Wildman–Crippen LogP) is 2.35. The first kappa shape index (κ1) is 18.6. The van der Waals surface area contributed by atoms with Gasteiger partial charge >= 0.3 is 12.3 Å². The maximum absolute atomic E-state index is 12.8. The number of alkyl carbamates (subject to hydrolysis) is 1. The summed E-state index contributed by atoms with van der Waals surface area (Å²) in [6.07, 6.45) is -4.83. The van der Waals surface area contributed by atoms with Gasteiger partial charge in [0.1, 0.15) is 5.60 Å². The van der Waals surface area contributed by atoms with E-state index in [1.165, 1.54) is 0 Å². The van der Waals surface area contributed by atoms with Gasteiger partial charge in [0.2, 0.25) is 0 Å². The third-order valence-electron chi connectivity index (χ3n) is 2.00. The Labute approximate surface area is 115 Å². The molecule has 0 saturated carbocycles. The molecule has 0 unspecified atom stereocenters. The van der Waals surface area contributed by atoms with Crippen LogP contribution in [0.25, 0.3) is 0 Å². The normalized spacial score (nSPS) is 15.8. The second-order valence-electron chi connectivity index (χ2n) is 5.04. The second-order valence-corrected chi connectivity index (χ2v) is 5.04. The second kappa shape index (κ2) is 6.83. The zero-order chi connectivity index (χ0) is 16.0. The van der Waals surface area contributed by atoms with Crippen LogP contribution in [0.4, 0.5) is 18.0 Å². The summed E-state index contributed by atoms with van der Waals surface area (Å²) in [6, 6.07) is 0. The molecule has 0 aromatic rings. The van der Waals surface area contributed by atoms with E-state index >= 15 is 0 Å². The van der Waals surface area contributed by atoms with Gasteiger partial charge in [-0.2, -0.15) is 13.2 Å². The standard InChI is InChI=1S/C12H20F3NO4/c1-5-19-7-6-11(18,12(13,14)15)8-16-9(17)20-10(2,3)4/h6-7,18H,5,8H2,1-4H3,(H,16,17)/b7-6+/t11-/m1/s1. The van der Waals surface area contributed by atoms with Crippen molar-refractivity contribution < 1.29 is 32.5 Å². The number of amides is 1. The summed E-state index contributed by atoms with van der Waals surface area (Å²) < 4.78 is 47.7. The molecule has 0 aliphatic carbocycles. The van der Waals surface area contributed by atoms with Gasteiger partial charge in [0.25, 0.3) is 0 Å². The van der Waals surface area contributed by atoms with Crippen LogP contribution in [-0.4, -0.2) is 41.7 Å². The lowest BCUT2D eigenvalue weighted by atomic mass is 10.0. The Morgan fingerprint density at radius 3 is 2.25 bits per heavy atom. The number of nitrogens with one attached hydrogen (secondary N) is 1. The van der Waals surface area contributed by atoms with Crippen molar-refractivity contribution in [2.45, 2.75) is 45.1 Å². The molecule has 1 amide bonds. The van der Waals surface area contributed by atoms with Gasteiger partial charge in [0, 0.05) is 0 Å². The minimum Gasteiger partial charge on any atom is -0.502 e. The van der Waals surface area contributed by atoms with Crippen molar-refractivity contribution in [1.82, 2.24) is 5.32 Å². The molecule has 0 aromatic heterocycles. The summed E-state index contributed by atoms with van der Waals surface area (Å²) in [5, 5.41) is 11.4. The quantitative estimate of drug-likeness (QED) is 0.765. The van der Waals surface area contributed by atoms with Crippen molar-refractivity contribution in [3.8, 4) is 0 Å². The van der Waals surface area contributed by atoms with Crippen molar-refractivity contribution in [2.24, 2.45) is 0 Å². The van der Waals surface area contributed by atoms with E-state index in [-0.39, 0.29) is 6.61 Å². The Bertz CT molecular complexity index is 350. The van der Waals surface area contributed by atoms with Gasteiger partial charge in [-0.25, -0.2) is 4.79 Å². The summed E-state index contributed by atoms with van der Waals surface area (Å²) in [4.78, 5) is 11.3. The molecule has 0 spiro atoms. The Morgan fingerprint density at radius 1 is 1.30 bits per heavy atom. The molecule has 5 nitrogen and oxygen atoms in total. The fraction of sp³-hybridized carbons (Fsp3) is 0.750. The van der Waals surface area contributed by atoms with E-state index in [1.54, 1.807) is 27.7 Å². The lowest BCUT2D eigenvalue weighted by molar-refractivity contribution is -0.237. The number of rotatable bonds is 5. The van der Waals surface area contributed by atoms with E-state index in [2.05, 4.69) is 4.74 Å². The third-order valence-corrected chi connectivity index (χ3v) is 2.00. The molecule has 8 heteroatoms. The molecule has 0 aromatic carbocycles. The van der Waals surface area contributed by atoms with Gasteiger partial charge in [-0.1, -0.05) is 0 Å². The molecule has 0 saturated heterocycles. The molecule has 0 radical (unpaired) electrons. The van der Waals surface area contributed by atoms with Gasteiger partial charge in [-0.15, -0.1) is 0 Å². The number of ether oxygens (including phenoxy) is 2. The SMILES string of the molecule is CCO/C=C/[C@@](O)(CNC(=O)OC(C)(C)C)C(F)(F)F. The van der Waals surface area contributed by atoms with Gasteiger partial charge in [-0.3, -0.25) is 0 Å². The number of hydrogen-bond donors (Lipinski definition) is 2. The molecular weight excluding hydrogens is 279 g/mol. The number of carbonyl (C=O) groups excluding carboxylic acids is 1. The monoisotopic (exact) mass is 299 g/mol. The highest BCUT2D eigenvalue weighted by molar-refractivity contribution is 5.67. The van der Waals surface area contributed by atoms with Crippen molar-refractivity contribution in [2.75, 3.05) is 13.2 Å². The van der Waals surface area contributed by atoms with Crippen LogP contribution in [0.3, 0.4) is 0 Å². The summed E-state index contributed by atoms with van der Waals surface area (Å²) >= 11 is 0. The largest absolute Gasteiger partial charge is 0.502 e. The number of hydrogen-bond acceptors (Lipinski definition) is 4. The van der Waals surface area contributed by atoms with Crippen LogP contribution in [0, 0.1) is 0 Å². The fourth-order valence-corrected chi connectivity index (χ4v) is 1.03. The van der Waals surface area contributed by atoms with E-state index < -0.39 is 30.0 Å². The van der Waals surface area contributed by atoms with Crippen molar-refractivity contribution in [1.29, 1.82) is 0 Å². The van der Waals surface area contributed by atoms with Crippen LogP contribution in [0.2, 0.25) is 0 Å². The highest BCUT2D eigenvalue weighted by Crippen LogP contribution is 2.31. The molecule has 0 aliphatic heterocycles. The molecular formula is C12H20F3NO4. The van der Waals surface area contributed by atoms with Gasteiger partial charge < -0.3 is 19.9 Å². The summed E-state index contributed by atoms with van der Waals surface area (Å²) in [5.41, 5.74) is -4.07. The Kier molecular flexibility index (Phi) is 6.33.